The number of hydrogen-bond acceptors (Lipinski definition) is 5. The molecular weight excluding hydrogens is 436 g/mol. The smallest absolute Gasteiger partial charge is 0.240 e. The van der Waals surface area contributed by atoms with Gasteiger partial charge < -0.3 is 5.32 Å². The Hall–Kier alpha value is -1.94. The third-order valence-corrected chi connectivity index (χ3v) is 7.40. The molecule has 0 heterocycles. The zero-order chi connectivity index (χ0) is 21.7. The van der Waals surface area contributed by atoms with Gasteiger partial charge in [0.05, 0.1) is 10.6 Å². The second kappa shape index (κ2) is 9.71. The van der Waals surface area contributed by atoms with E-state index >= 15 is 0 Å². The molecule has 0 aromatic heterocycles. The van der Waals surface area contributed by atoms with Crippen LogP contribution in [0.5, 0.6) is 0 Å². The normalized spacial score (nSPS) is 13.1. The minimum Gasteiger partial charge on any atom is -0.325 e. The van der Waals surface area contributed by atoms with Gasteiger partial charge >= 0.3 is 0 Å². The van der Waals surface area contributed by atoms with Gasteiger partial charge in [-0.2, -0.15) is 0 Å². The Morgan fingerprint density at radius 2 is 1.59 bits per heavy atom. The molecule has 0 bridgehead atoms. The highest BCUT2D eigenvalue weighted by atomic mass is 35.5. The van der Waals surface area contributed by atoms with E-state index < -0.39 is 31.5 Å². The first-order valence-electron chi connectivity index (χ1n) is 8.88. The minimum atomic E-state index is -3.68. The van der Waals surface area contributed by atoms with E-state index in [4.69, 9.17) is 11.6 Å². The monoisotopic (exact) mass is 458 g/mol. The minimum absolute atomic E-state index is 0.0613. The molecule has 1 amide bonds. The number of benzene rings is 2. The van der Waals surface area contributed by atoms with E-state index in [1.165, 1.54) is 24.3 Å². The van der Waals surface area contributed by atoms with Crippen LogP contribution in [0.4, 0.5) is 5.69 Å². The highest BCUT2D eigenvalue weighted by molar-refractivity contribution is 7.91. The second-order valence-corrected chi connectivity index (χ2v) is 10.9. The van der Waals surface area contributed by atoms with Gasteiger partial charge in [-0.05, 0) is 55.3 Å². The maximum absolute atomic E-state index is 12.2. The lowest BCUT2D eigenvalue weighted by Crippen LogP contribution is -2.32. The van der Waals surface area contributed by atoms with Gasteiger partial charge in [0.1, 0.15) is 5.75 Å². The van der Waals surface area contributed by atoms with Crippen LogP contribution < -0.4 is 10.0 Å². The molecule has 1 unspecified atom stereocenters. The van der Waals surface area contributed by atoms with Crippen LogP contribution in [0.15, 0.2) is 53.4 Å². The van der Waals surface area contributed by atoms with Gasteiger partial charge in [0, 0.05) is 16.8 Å². The number of sulfonamides is 1. The number of carbonyl (C=O) groups excluding carboxylic acids is 1. The summed E-state index contributed by atoms with van der Waals surface area (Å²) in [6, 6.07) is 11.7. The predicted octanol–water partition coefficient (Wildman–Crippen LogP) is 2.97. The summed E-state index contributed by atoms with van der Waals surface area (Å²) in [7, 11) is -7.33. The van der Waals surface area contributed by atoms with Crippen LogP contribution in [0, 0.1) is 0 Å². The van der Waals surface area contributed by atoms with Gasteiger partial charge in [0.25, 0.3) is 0 Å². The average molecular weight is 459 g/mol. The summed E-state index contributed by atoms with van der Waals surface area (Å²) in [4.78, 5) is 12.2. The van der Waals surface area contributed by atoms with Crippen molar-refractivity contribution in [3.8, 4) is 0 Å². The highest BCUT2D eigenvalue weighted by Crippen LogP contribution is 2.16. The first-order valence-corrected chi connectivity index (χ1v) is 12.6. The molecule has 0 radical (unpaired) electrons. The molecule has 0 fully saturated rings. The van der Waals surface area contributed by atoms with Crippen molar-refractivity contribution in [1.29, 1.82) is 0 Å². The Balaban J connectivity index is 1.99. The number of sulfone groups is 1. The molecule has 0 aliphatic rings. The van der Waals surface area contributed by atoms with Crippen molar-refractivity contribution in [3.63, 3.8) is 0 Å². The van der Waals surface area contributed by atoms with Crippen LogP contribution in [-0.2, 0) is 30.4 Å². The summed E-state index contributed by atoms with van der Waals surface area (Å²) in [5, 5.41) is 2.96. The number of nitrogens with one attached hydrogen (secondary N) is 2. The maximum atomic E-state index is 12.2. The largest absolute Gasteiger partial charge is 0.325 e. The fourth-order valence-electron chi connectivity index (χ4n) is 2.42. The molecule has 7 nitrogen and oxygen atoms in total. The van der Waals surface area contributed by atoms with E-state index in [1.54, 1.807) is 31.2 Å². The SMILES string of the molecule is CCC(C)NS(=O)(=O)c1ccc(NC(=O)CS(=O)(=O)Cc2ccc(Cl)cc2)cc1. The third-order valence-electron chi connectivity index (χ3n) is 4.07. The zero-order valence-corrected chi connectivity index (χ0v) is 18.4. The van der Waals surface area contributed by atoms with E-state index in [1.807, 2.05) is 6.92 Å². The molecule has 0 saturated heterocycles. The van der Waals surface area contributed by atoms with E-state index in [-0.39, 0.29) is 16.7 Å². The van der Waals surface area contributed by atoms with Gasteiger partial charge in [-0.3, -0.25) is 4.79 Å². The summed E-state index contributed by atoms with van der Waals surface area (Å²) in [5.74, 6) is -1.67. The standard InChI is InChI=1S/C19H23ClN2O5S2/c1-3-14(2)22-29(26,27)18-10-8-17(9-11-18)21-19(23)13-28(24,25)12-15-4-6-16(20)7-5-15/h4-11,14,22H,3,12-13H2,1-2H3,(H,21,23). The van der Waals surface area contributed by atoms with Crippen LogP contribution in [-0.4, -0.2) is 34.5 Å². The van der Waals surface area contributed by atoms with E-state index in [2.05, 4.69) is 10.0 Å². The number of amides is 1. The van der Waals surface area contributed by atoms with E-state index in [0.717, 1.165) is 0 Å². The summed E-state index contributed by atoms with van der Waals surface area (Å²) in [5.41, 5.74) is 0.838. The Morgan fingerprint density at radius 1 is 1.00 bits per heavy atom. The highest BCUT2D eigenvalue weighted by Gasteiger charge is 2.19. The average Bonchev–Trinajstić information content (AvgIpc) is 2.63. The molecule has 0 aliphatic heterocycles. The Morgan fingerprint density at radius 3 is 2.14 bits per heavy atom. The van der Waals surface area contributed by atoms with Gasteiger partial charge in [-0.1, -0.05) is 30.7 Å². The fourth-order valence-corrected chi connectivity index (χ4v) is 5.14. The van der Waals surface area contributed by atoms with Gasteiger partial charge in [0.2, 0.25) is 15.9 Å². The zero-order valence-electron chi connectivity index (χ0n) is 16.1. The van der Waals surface area contributed by atoms with Crippen molar-refractivity contribution in [2.75, 3.05) is 11.1 Å². The predicted molar refractivity (Wildman–Crippen MR) is 114 cm³/mol. The molecule has 0 spiro atoms. The van der Waals surface area contributed by atoms with Gasteiger partial charge in [-0.25, -0.2) is 21.6 Å². The van der Waals surface area contributed by atoms with Crippen LogP contribution in [0.3, 0.4) is 0 Å². The van der Waals surface area contributed by atoms with Crippen molar-refractivity contribution < 1.29 is 21.6 Å². The molecule has 1 atom stereocenters. The Labute approximate surface area is 176 Å². The number of halogens is 1. The maximum Gasteiger partial charge on any atom is 0.240 e. The first-order chi connectivity index (χ1) is 13.5. The lowest BCUT2D eigenvalue weighted by molar-refractivity contribution is -0.113. The molecule has 0 aliphatic carbocycles. The molecule has 10 heteroatoms. The summed E-state index contributed by atoms with van der Waals surface area (Å²) in [6.07, 6.45) is 0.651. The molecule has 2 rings (SSSR count). The van der Waals surface area contributed by atoms with Crippen molar-refractivity contribution in [3.05, 3.63) is 59.1 Å². The summed E-state index contributed by atoms with van der Waals surface area (Å²) >= 11 is 5.77. The molecule has 29 heavy (non-hydrogen) atoms. The Kier molecular flexibility index (Phi) is 7.81. The Bertz CT molecular complexity index is 1050. The molecule has 0 saturated carbocycles. The molecule has 2 N–H and O–H groups in total. The fraction of sp³-hybridized carbons (Fsp3) is 0.316. The van der Waals surface area contributed by atoms with E-state index in [0.29, 0.717) is 22.7 Å². The summed E-state index contributed by atoms with van der Waals surface area (Å²) in [6.45, 7) is 3.63. The van der Waals surface area contributed by atoms with Gasteiger partial charge in [-0.15, -0.1) is 0 Å². The topological polar surface area (TPSA) is 109 Å². The van der Waals surface area contributed by atoms with Crippen molar-refractivity contribution >= 4 is 43.1 Å². The molecular formula is C19H23ClN2O5S2. The lowest BCUT2D eigenvalue weighted by Gasteiger charge is -2.12. The molecule has 2 aromatic rings. The third kappa shape index (κ3) is 7.43. The quantitative estimate of drug-likeness (QED) is 0.600. The van der Waals surface area contributed by atoms with Crippen LogP contribution in [0.1, 0.15) is 25.8 Å². The van der Waals surface area contributed by atoms with Crippen LogP contribution in [0.2, 0.25) is 5.02 Å². The number of rotatable bonds is 9. The number of anilines is 1. The molecule has 2 aromatic carbocycles. The second-order valence-electron chi connectivity index (χ2n) is 6.66. The van der Waals surface area contributed by atoms with Crippen molar-refractivity contribution in [2.45, 2.75) is 37.0 Å². The van der Waals surface area contributed by atoms with Crippen molar-refractivity contribution in [1.82, 2.24) is 4.72 Å². The summed E-state index contributed by atoms with van der Waals surface area (Å²) < 4.78 is 51.4. The number of hydrogen-bond donors (Lipinski definition) is 2. The number of carbonyl (C=O) groups is 1. The van der Waals surface area contributed by atoms with Crippen LogP contribution in [0.25, 0.3) is 0 Å². The van der Waals surface area contributed by atoms with Crippen LogP contribution >= 0.6 is 11.6 Å². The van der Waals surface area contributed by atoms with Gasteiger partial charge in [0.15, 0.2) is 9.84 Å². The van der Waals surface area contributed by atoms with E-state index in [9.17, 15) is 21.6 Å². The van der Waals surface area contributed by atoms with Crippen molar-refractivity contribution in [2.24, 2.45) is 0 Å². The first kappa shape index (κ1) is 23.3. The molecule has 158 valence electrons. The lowest BCUT2D eigenvalue weighted by atomic mass is 10.2.